The molecule has 0 spiro atoms. The lowest BCUT2D eigenvalue weighted by molar-refractivity contribution is -0.145. The molecule has 1 unspecified atom stereocenters. The Morgan fingerprint density at radius 3 is 1.89 bits per heavy atom. The number of hydrogen-bond donors (Lipinski definition) is 1. The predicted molar refractivity (Wildman–Crippen MR) is 21.8 cm³/mol. The third kappa shape index (κ3) is 1.75. The van der Waals surface area contributed by atoms with Gasteiger partial charge in [0.25, 0.3) is 0 Å². The van der Waals surface area contributed by atoms with E-state index in [1.165, 1.54) is 0 Å². The minimum Gasteiger partial charge on any atom is -0.301 e. The van der Waals surface area contributed by atoms with Crippen molar-refractivity contribution >= 4 is 17.1 Å². The third-order valence-electron chi connectivity index (χ3n) is 0.448. The third-order valence-corrected chi connectivity index (χ3v) is 1.05. The molecule has 54 valence electrons. The van der Waals surface area contributed by atoms with Crippen LogP contribution in [0, 0.1) is 0 Å². The molecule has 0 aromatic rings. The van der Waals surface area contributed by atoms with E-state index >= 15 is 0 Å². The molecule has 1 atom stereocenters. The molecule has 1 N–H and O–H groups in total. The van der Waals surface area contributed by atoms with Crippen LogP contribution < -0.4 is 0 Å². The Balaban J connectivity index is 4.38. The standard InChI is InChI=1S/C2HF3O3S/c3-1(6)2(4,5)9(7)8/h(H,7,8). The van der Waals surface area contributed by atoms with Gasteiger partial charge in [0.15, 0.2) is 0 Å². The maximum atomic E-state index is 11.4. The number of carbonyl (C=O) groups is 1. The molecule has 0 saturated heterocycles. The van der Waals surface area contributed by atoms with Crippen molar-refractivity contribution in [2.75, 3.05) is 0 Å². The largest absolute Gasteiger partial charge is 0.432 e. The van der Waals surface area contributed by atoms with Gasteiger partial charge in [-0.1, -0.05) is 0 Å². The molecular formula is C2HF3O3S. The van der Waals surface area contributed by atoms with E-state index in [2.05, 4.69) is 0 Å². The second-order valence-electron chi connectivity index (χ2n) is 1.04. The Kier molecular flexibility index (Phi) is 2.32. The first-order valence-corrected chi connectivity index (χ1v) is 2.68. The van der Waals surface area contributed by atoms with Gasteiger partial charge in [0, 0.05) is 0 Å². The first-order valence-electron chi connectivity index (χ1n) is 1.57. The SMILES string of the molecule is O=C(F)C(F)(F)S(=O)O. The molecule has 0 heterocycles. The summed E-state index contributed by atoms with van der Waals surface area (Å²) in [5, 5.41) is -4.78. The van der Waals surface area contributed by atoms with Gasteiger partial charge in [0.1, 0.15) is 0 Å². The highest BCUT2D eigenvalue weighted by Gasteiger charge is 2.46. The monoisotopic (exact) mass is 162 g/mol. The van der Waals surface area contributed by atoms with Crippen LogP contribution in [0.15, 0.2) is 0 Å². The van der Waals surface area contributed by atoms with Gasteiger partial charge in [-0.15, -0.1) is 0 Å². The topological polar surface area (TPSA) is 54.4 Å². The Bertz CT molecular complexity index is 139. The molecule has 0 aliphatic heterocycles. The van der Waals surface area contributed by atoms with Crippen molar-refractivity contribution in [3.63, 3.8) is 0 Å². The Hall–Kier alpha value is -0.430. The smallest absolute Gasteiger partial charge is 0.301 e. The minimum absolute atomic E-state index is 3.11. The van der Waals surface area contributed by atoms with E-state index in [1.807, 2.05) is 0 Å². The van der Waals surface area contributed by atoms with E-state index in [0.717, 1.165) is 0 Å². The Labute approximate surface area is 50.1 Å². The van der Waals surface area contributed by atoms with Gasteiger partial charge in [-0.2, -0.15) is 13.2 Å². The first-order chi connectivity index (χ1) is 3.89. The summed E-state index contributed by atoms with van der Waals surface area (Å²) >= 11 is -3.76. The fourth-order valence-electron chi connectivity index (χ4n) is 0.0686. The second-order valence-corrected chi connectivity index (χ2v) is 2.05. The molecule has 0 amide bonds. The highest BCUT2D eigenvalue weighted by atomic mass is 32.2. The van der Waals surface area contributed by atoms with Crippen molar-refractivity contribution in [2.45, 2.75) is 5.25 Å². The molecule has 0 aromatic heterocycles. The van der Waals surface area contributed by atoms with E-state index < -0.39 is 22.4 Å². The van der Waals surface area contributed by atoms with Gasteiger partial charge in [-0.05, 0) is 0 Å². The van der Waals surface area contributed by atoms with E-state index in [9.17, 15) is 17.4 Å². The average molecular weight is 162 g/mol. The highest BCUT2D eigenvalue weighted by molar-refractivity contribution is 7.81. The second kappa shape index (κ2) is 2.44. The number of rotatable bonds is 2. The van der Waals surface area contributed by atoms with E-state index in [1.54, 1.807) is 0 Å². The minimum atomic E-state index is -4.78. The van der Waals surface area contributed by atoms with Crippen LogP contribution in [0.2, 0.25) is 0 Å². The molecule has 0 aromatic carbocycles. The van der Waals surface area contributed by atoms with Crippen molar-refractivity contribution in [3.05, 3.63) is 0 Å². The van der Waals surface area contributed by atoms with Crippen LogP contribution in [0.3, 0.4) is 0 Å². The summed E-state index contributed by atoms with van der Waals surface area (Å²) in [5.41, 5.74) is 0. The van der Waals surface area contributed by atoms with Crippen molar-refractivity contribution in [1.82, 2.24) is 0 Å². The quantitative estimate of drug-likeness (QED) is 0.469. The number of carbonyl (C=O) groups excluding carboxylic acids is 1. The van der Waals surface area contributed by atoms with E-state index in [4.69, 9.17) is 9.35 Å². The summed E-state index contributed by atoms with van der Waals surface area (Å²) < 4.78 is 50.7. The molecule has 7 heteroatoms. The van der Waals surface area contributed by atoms with Crippen molar-refractivity contribution in [3.8, 4) is 0 Å². The molecular weight excluding hydrogens is 161 g/mol. The van der Waals surface area contributed by atoms with Crippen LogP contribution >= 0.6 is 0 Å². The van der Waals surface area contributed by atoms with Crippen LogP contribution in [0.4, 0.5) is 13.2 Å². The number of hydrogen-bond acceptors (Lipinski definition) is 2. The number of halogens is 3. The molecule has 0 radical (unpaired) electrons. The predicted octanol–water partition coefficient (Wildman–Crippen LogP) is 0.297. The first kappa shape index (κ1) is 8.57. The molecule has 0 bridgehead atoms. The van der Waals surface area contributed by atoms with Gasteiger partial charge >= 0.3 is 11.3 Å². The average Bonchev–Trinajstić information content (AvgIpc) is 1.65. The molecule has 0 saturated carbocycles. The van der Waals surface area contributed by atoms with Gasteiger partial charge in [-0.25, -0.2) is 4.21 Å². The summed E-state index contributed by atoms with van der Waals surface area (Å²) in [5.74, 6) is 0. The van der Waals surface area contributed by atoms with Crippen molar-refractivity contribution in [1.29, 1.82) is 0 Å². The van der Waals surface area contributed by atoms with Crippen molar-refractivity contribution < 1.29 is 26.7 Å². The molecule has 3 nitrogen and oxygen atoms in total. The summed E-state index contributed by atoms with van der Waals surface area (Å²) in [6.45, 7) is 0. The zero-order valence-corrected chi connectivity index (χ0v) is 4.62. The zero-order chi connectivity index (χ0) is 7.65. The summed E-state index contributed by atoms with van der Waals surface area (Å²) in [6, 6.07) is -3.11. The lowest BCUT2D eigenvalue weighted by atomic mass is 10.8. The normalized spacial score (nSPS) is 15.1. The molecule has 0 aliphatic carbocycles. The molecule has 0 fully saturated rings. The Morgan fingerprint density at radius 2 is 1.89 bits per heavy atom. The fourth-order valence-corrected chi connectivity index (χ4v) is 0.206. The maximum Gasteiger partial charge on any atom is 0.432 e. The van der Waals surface area contributed by atoms with Gasteiger partial charge < -0.3 is 4.55 Å². The highest BCUT2D eigenvalue weighted by Crippen LogP contribution is 2.18. The van der Waals surface area contributed by atoms with Gasteiger partial charge in [-0.3, -0.25) is 4.79 Å². The lowest BCUT2D eigenvalue weighted by Crippen LogP contribution is -2.30. The van der Waals surface area contributed by atoms with Crippen LogP contribution in [0.25, 0.3) is 0 Å². The molecule has 9 heavy (non-hydrogen) atoms. The summed E-state index contributed by atoms with van der Waals surface area (Å²) in [4.78, 5) is 9.14. The maximum absolute atomic E-state index is 11.4. The van der Waals surface area contributed by atoms with Gasteiger partial charge in [0.05, 0.1) is 0 Å². The molecule has 0 aliphatic rings. The zero-order valence-electron chi connectivity index (χ0n) is 3.81. The van der Waals surface area contributed by atoms with Crippen LogP contribution in [-0.2, 0) is 15.9 Å². The van der Waals surface area contributed by atoms with Crippen LogP contribution in [-0.4, -0.2) is 20.1 Å². The van der Waals surface area contributed by atoms with Gasteiger partial charge in [0.2, 0.25) is 11.1 Å². The lowest BCUT2D eigenvalue weighted by Gasteiger charge is -2.01. The summed E-state index contributed by atoms with van der Waals surface area (Å²) in [7, 11) is 0. The van der Waals surface area contributed by atoms with E-state index in [0.29, 0.717) is 0 Å². The number of alkyl halides is 2. The van der Waals surface area contributed by atoms with Crippen LogP contribution in [0.5, 0.6) is 0 Å². The van der Waals surface area contributed by atoms with Crippen molar-refractivity contribution in [2.24, 2.45) is 0 Å². The molecule has 0 rings (SSSR count). The van der Waals surface area contributed by atoms with Crippen LogP contribution in [0.1, 0.15) is 0 Å². The summed E-state index contributed by atoms with van der Waals surface area (Å²) in [6.07, 6.45) is 0. The van der Waals surface area contributed by atoms with E-state index in [-0.39, 0.29) is 0 Å². The Morgan fingerprint density at radius 1 is 1.56 bits per heavy atom. The fraction of sp³-hybridized carbons (Fsp3) is 0.500.